The Hall–Kier alpha value is -3.32. The minimum absolute atomic E-state index is 0.0485. The van der Waals surface area contributed by atoms with E-state index in [1.54, 1.807) is 30.3 Å². The number of ether oxygens (including phenoxy) is 1. The van der Waals surface area contributed by atoms with E-state index in [1.165, 1.54) is 18.2 Å². The highest BCUT2D eigenvalue weighted by Crippen LogP contribution is 2.23. The molecule has 0 radical (unpaired) electrons. The van der Waals surface area contributed by atoms with Gasteiger partial charge in [-0.2, -0.15) is 0 Å². The van der Waals surface area contributed by atoms with Crippen LogP contribution in [0.3, 0.4) is 0 Å². The van der Waals surface area contributed by atoms with Crippen LogP contribution in [0.25, 0.3) is 11.0 Å². The van der Waals surface area contributed by atoms with E-state index in [9.17, 15) is 14.4 Å². The second-order valence-electron chi connectivity index (χ2n) is 5.33. The van der Waals surface area contributed by atoms with E-state index in [0.717, 1.165) is 0 Å². The number of esters is 1. The largest absolute Gasteiger partial charge is 0.450 e. The predicted octanol–water partition coefficient (Wildman–Crippen LogP) is 2.98. The third kappa shape index (κ3) is 3.84. The van der Waals surface area contributed by atoms with Crippen molar-refractivity contribution in [3.63, 3.8) is 0 Å². The standard InChI is InChI=1S/C18H13ClN2O5/c19-11-5-6-14-10(7-11)8-15(26-14)18(24)25-9-16(22)21-13-4-2-1-3-12(13)17(20)23/h1-8H,9H2,(H2,20,23)(H,21,22). The molecule has 0 unspecified atom stereocenters. The van der Waals surface area contributed by atoms with Crippen molar-refractivity contribution in [3.8, 4) is 0 Å². The van der Waals surface area contributed by atoms with Crippen LogP contribution in [0.5, 0.6) is 0 Å². The molecule has 3 aromatic rings. The lowest BCUT2D eigenvalue weighted by molar-refractivity contribution is -0.119. The highest BCUT2D eigenvalue weighted by atomic mass is 35.5. The molecule has 26 heavy (non-hydrogen) atoms. The number of carbonyl (C=O) groups is 3. The van der Waals surface area contributed by atoms with Crippen LogP contribution >= 0.6 is 11.6 Å². The Labute approximate surface area is 152 Å². The number of hydrogen-bond acceptors (Lipinski definition) is 5. The van der Waals surface area contributed by atoms with Crippen molar-refractivity contribution in [2.75, 3.05) is 11.9 Å². The smallest absolute Gasteiger partial charge is 0.374 e. The number of furan rings is 1. The summed E-state index contributed by atoms with van der Waals surface area (Å²) in [6.45, 7) is -0.552. The summed E-state index contributed by atoms with van der Waals surface area (Å²) in [6.07, 6.45) is 0. The van der Waals surface area contributed by atoms with Gasteiger partial charge < -0.3 is 20.2 Å². The maximum Gasteiger partial charge on any atom is 0.374 e. The van der Waals surface area contributed by atoms with Crippen molar-refractivity contribution in [3.05, 3.63) is 64.9 Å². The number of amides is 2. The van der Waals surface area contributed by atoms with Gasteiger partial charge in [0.25, 0.3) is 11.8 Å². The number of carbonyl (C=O) groups excluding carboxylic acids is 3. The number of primary amides is 1. The second-order valence-corrected chi connectivity index (χ2v) is 5.76. The molecule has 2 amide bonds. The summed E-state index contributed by atoms with van der Waals surface area (Å²) in [5.41, 5.74) is 6.10. The summed E-state index contributed by atoms with van der Waals surface area (Å²) in [4.78, 5) is 35.3. The van der Waals surface area contributed by atoms with Crippen LogP contribution in [0, 0.1) is 0 Å². The summed E-state index contributed by atoms with van der Waals surface area (Å²) in [5.74, 6) is -2.15. The van der Waals surface area contributed by atoms with Crippen LogP contribution in [0.2, 0.25) is 5.02 Å². The molecule has 0 spiro atoms. The molecule has 0 fully saturated rings. The number of hydrogen-bond donors (Lipinski definition) is 2. The van der Waals surface area contributed by atoms with Gasteiger partial charge in [-0.3, -0.25) is 9.59 Å². The van der Waals surface area contributed by atoms with E-state index in [-0.39, 0.29) is 17.0 Å². The number of anilines is 1. The zero-order valence-corrected chi connectivity index (χ0v) is 14.1. The lowest BCUT2D eigenvalue weighted by Crippen LogP contribution is -2.23. The van der Waals surface area contributed by atoms with E-state index in [2.05, 4.69) is 5.32 Å². The molecule has 132 valence electrons. The summed E-state index contributed by atoms with van der Waals surface area (Å²) in [5, 5.41) is 3.62. The van der Waals surface area contributed by atoms with Crippen molar-refractivity contribution in [2.24, 2.45) is 5.73 Å². The van der Waals surface area contributed by atoms with Gasteiger partial charge in [0.05, 0.1) is 11.3 Å². The Morgan fingerprint density at radius 1 is 1.12 bits per heavy atom. The van der Waals surface area contributed by atoms with Crippen LogP contribution in [-0.4, -0.2) is 24.4 Å². The molecule has 0 saturated heterocycles. The molecule has 1 heterocycles. The molecule has 3 rings (SSSR count). The Kier molecular flexibility index (Phi) is 4.90. The molecule has 0 saturated carbocycles. The van der Waals surface area contributed by atoms with Crippen LogP contribution in [-0.2, 0) is 9.53 Å². The van der Waals surface area contributed by atoms with Gasteiger partial charge >= 0.3 is 5.97 Å². The zero-order valence-electron chi connectivity index (χ0n) is 13.3. The summed E-state index contributed by atoms with van der Waals surface area (Å²) >= 11 is 5.88. The Morgan fingerprint density at radius 3 is 2.65 bits per heavy atom. The van der Waals surface area contributed by atoms with E-state index < -0.39 is 24.4 Å². The third-order valence-corrected chi connectivity index (χ3v) is 3.72. The minimum atomic E-state index is -0.796. The molecule has 7 nitrogen and oxygen atoms in total. The van der Waals surface area contributed by atoms with Gasteiger partial charge in [0.15, 0.2) is 6.61 Å². The van der Waals surface area contributed by atoms with Crippen molar-refractivity contribution < 1.29 is 23.5 Å². The first-order valence-corrected chi connectivity index (χ1v) is 7.87. The number of benzene rings is 2. The van der Waals surface area contributed by atoms with Crippen molar-refractivity contribution >= 4 is 46.0 Å². The van der Waals surface area contributed by atoms with Gasteiger partial charge in [0.1, 0.15) is 5.58 Å². The van der Waals surface area contributed by atoms with Gasteiger partial charge in [-0.05, 0) is 36.4 Å². The van der Waals surface area contributed by atoms with Gasteiger partial charge in [0, 0.05) is 10.4 Å². The normalized spacial score (nSPS) is 10.5. The van der Waals surface area contributed by atoms with E-state index >= 15 is 0 Å². The molecular formula is C18H13ClN2O5. The average molecular weight is 373 g/mol. The number of halogens is 1. The Balaban J connectivity index is 1.63. The Bertz CT molecular complexity index is 1010. The monoisotopic (exact) mass is 372 g/mol. The van der Waals surface area contributed by atoms with Crippen molar-refractivity contribution in [1.29, 1.82) is 0 Å². The number of para-hydroxylation sites is 1. The highest BCUT2D eigenvalue weighted by Gasteiger charge is 2.16. The number of fused-ring (bicyclic) bond motifs is 1. The van der Waals surface area contributed by atoms with Crippen molar-refractivity contribution in [1.82, 2.24) is 0 Å². The predicted molar refractivity (Wildman–Crippen MR) is 95.1 cm³/mol. The SMILES string of the molecule is NC(=O)c1ccccc1NC(=O)COC(=O)c1cc2cc(Cl)ccc2o1. The summed E-state index contributed by atoms with van der Waals surface area (Å²) < 4.78 is 10.3. The first-order chi connectivity index (χ1) is 12.4. The minimum Gasteiger partial charge on any atom is -0.450 e. The average Bonchev–Trinajstić information content (AvgIpc) is 3.03. The van der Waals surface area contributed by atoms with Crippen LogP contribution in [0.1, 0.15) is 20.9 Å². The number of rotatable bonds is 5. The lowest BCUT2D eigenvalue weighted by Gasteiger charge is -2.08. The molecule has 0 bridgehead atoms. The molecule has 1 aromatic heterocycles. The molecule has 2 aromatic carbocycles. The van der Waals surface area contributed by atoms with Crippen molar-refractivity contribution in [2.45, 2.75) is 0 Å². The van der Waals surface area contributed by atoms with Crippen LogP contribution < -0.4 is 11.1 Å². The topological polar surface area (TPSA) is 112 Å². The summed E-state index contributed by atoms with van der Waals surface area (Å²) in [7, 11) is 0. The fourth-order valence-corrected chi connectivity index (χ4v) is 2.49. The van der Waals surface area contributed by atoms with Crippen LogP contribution in [0.15, 0.2) is 52.9 Å². The first kappa shape index (κ1) is 17.5. The van der Waals surface area contributed by atoms with Gasteiger partial charge in [-0.25, -0.2) is 4.79 Å². The van der Waals surface area contributed by atoms with Gasteiger partial charge in [-0.15, -0.1) is 0 Å². The maximum atomic E-state index is 12.0. The maximum absolute atomic E-state index is 12.0. The second kappa shape index (κ2) is 7.28. The van der Waals surface area contributed by atoms with E-state index in [0.29, 0.717) is 16.0 Å². The first-order valence-electron chi connectivity index (χ1n) is 7.49. The molecule has 0 aliphatic carbocycles. The fourth-order valence-electron chi connectivity index (χ4n) is 2.31. The number of nitrogens with two attached hydrogens (primary N) is 1. The van der Waals surface area contributed by atoms with E-state index in [1.807, 2.05) is 0 Å². The zero-order chi connectivity index (χ0) is 18.7. The van der Waals surface area contributed by atoms with Crippen LogP contribution in [0.4, 0.5) is 5.69 Å². The molecule has 0 aliphatic rings. The quantitative estimate of drug-likeness (QED) is 0.669. The number of nitrogens with one attached hydrogen (secondary N) is 1. The van der Waals surface area contributed by atoms with Gasteiger partial charge in [-0.1, -0.05) is 23.7 Å². The summed E-state index contributed by atoms with van der Waals surface area (Å²) in [6, 6.07) is 12.6. The molecule has 3 N–H and O–H groups in total. The van der Waals surface area contributed by atoms with E-state index in [4.69, 9.17) is 26.5 Å². The Morgan fingerprint density at radius 2 is 1.88 bits per heavy atom. The highest BCUT2D eigenvalue weighted by molar-refractivity contribution is 6.31. The fraction of sp³-hybridized carbons (Fsp3) is 0.0556. The lowest BCUT2D eigenvalue weighted by atomic mass is 10.1. The third-order valence-electron chi connectivity index (χ3n) is 3.48. The molecule has 0 aliphatic heterocycles. The molecule has 8 heteroatoms. The van der Waals surface area contributed by atoms with Gasteiger partial charge in [0.2, 0.25) is 5.76 Å². The molecular weight excluding hydrogens is 360 g/mol. The molecule has 0 atom stereocenters.